The van der Waals surface area contributed by atoms with Crippen LogP contribution < -0.4 is 10.1 Å². The van der Waals surface area contributed by atoms with Crippen LogP contribution in [0.15, 0.2) is 18.3 Å². The number of hydrogen-bond acceptors (Lipinski definition) is 4. The molecule has 3 nitrogen and oxygen atoms in total. The van der Waals surface area contributed by atoms with E-state index in [-0.39, 0.29) is 11.9 Å². The van der Waals surface area contributed by atoms with E-state index in [4.69, 9.17) is 4.74 Å². The molecule has 2 aromatic rings. The summed E-state index contributed by atoms with van der Waals surface area (Å²) in [7, 11) is 0. The summed E-state index contributed by atoms with van der Waals surface area (Å²) >= 11 is 1.31. The lowest BCUT2D eigenvalue weighted by Crippen LogP contribution is -2.51. The summed E-state index contributed by atoms with van der Waals surface area (Å²) < 4.78 is 24.8. The Morgan fingerprint density at radius 3 is 2.85 bits per heavy atom. The van der Waals surface area contributed by atoms with Crippen LogP contribution in [0.3, 0.4) is 0 Å². The second kappa shape index (κ2) is 4.97. The van der Waals surface area contributed by atoms with E-state index in [2.05, 4.69) is 9.69 Å². The Bertz CT molecular complexity index is 617. The van der Waals surface area contributed by atoms with Crippen molar-refractivity contribution in [2.75, 3.05) is 0 Å². The monoisotopic (exact) mass is 292 g/mol. The number of hydrogen-bond donors (Lipinski definition) is 1. The van der Waals surface area contributed by atoms with Gasteiger partial charge in [0.25, 0.3) is 0 Å². The van der Waals surface area contributed by atoms with E-state index in [1.165, 1.54) is 36.9 Å². The zero-order valence-electron chi connectivity index (χ0n) is 11.1. The summed E-state index contributed by atoms with van der Waals surface area (Å²) in [6.45, 7) is 0. The quantitative estimate of drug-likeness (QED) is 0.920. The van der Waals surface area contributed by atoms with Crippen molar-refractivity contribution in [3.63, 3.8) is 0 Å². The third kappa shape index (κ3) is 2.19. The molecule has 106 valence electrons. The summed E-state index contributed by atoms with van der Waals surface area (Å²) in [5, 5.41) is 4.23. The van der Waals surface area contributed by atoms with Gasteiger partial charge in [0.05, 0.1) is 16.3 Å². The average molecular weight is 292 g/mol. The number of benzene rings is 1. The number of piperidine rings is 2. The Kier molecular flexibility index (Phi) is 3.11. The number of nitrogens with one attached hydrogen (secondary N) is 1. The number of halogens is 1. The van der Waals surface area contributed by atoms with Crippen molar-refractivity contribution in [2.45, 2.75) is 50.3 Å². The third-order valence-corrected chi connectivity index (χ3v) is 5.21. The summed E-state index contributed by atoms with van der Waals surface area (Å²) in [4.78, 5) is 0. The topological polar surface area (TPSA) is 34.1 Å². The molecule has 1 aromatic carbocycles. The van der Waals surface area contributed by atoms with Gasteiger partial charge in [-0.3, -0.25) is 0 Å². The molecule has 2 fully saturated rings. The number of aromatic nitrogens is 1. The lowest BCUT2D eigenvalue weighted by atomic mass is 9.85. The van der Waals surface area contributed by atoms with Crippen molar-refractivity contribution in [2.24, 2.45) is 0 Å². The predicted molar refractivity (Wildman–Crippen MR) is 77.8 cm³/mol. The van der Waals surface area contributed by atoms with E-state index < -0.39 is 0 Å². The molecule has 1 unspecified atom stereocenters. The van der Waals surface area contributed by atoms with E-state index in [0.29, 0.717) is 17.5 Å². The Balaban J connectivity index is 1.58. The first-order valence-corrected chi connectivity index (χ1v) is 8.02. The van der Waals surface area contributed by atoms with Crippen LogP contribution in [0, 0.1) is 5.82 Å². The highest BCUT2D eigenvalue weighted by Crippen LogP contribution is 2.34. The second-order valence-corrected chi connectivity index (χ2v) is 6.62. The van der Waals surface area contributed by atoms with Gasteiger partial charge >= 0.3 is 0 Å². The molecule has 0 amide bonds. The molecule has 0 aliphatic carbocycles. The molecule has 20 heavy (non-hydrogen) atoms. The molecule has 3 heterocycles. The average Bonchev–Trinajstić information content (AvgIpc) is 2.92. The van der Waals surface area contributed by atoms with Gasteiger partial charge in [0.15, 0.2) is 0 Å². The Hall–Kier alpha value is -1.20. The molecule has 0 saturated carbocycles. The van der Waals surface area contributed by atoms with Crippen LogP contribution in [0.1, 0.15) is 32.1 Å². The molecule has 1 N–H and O–H groups in total. The van der Waals surface area contributed by atoms with Gasteiger partial charge in [-0.1, -0.05) is 6.42 Å². The molecular weight excluding hydrogens is 275 g/mol. The SMILES string of the molecule is Fc1ccc(OC2C[C@H]3CCC[C@@H](C2)N3)c2sncc12. The number of fused-ring (bicyclic) bond motifs is 3. The maximum Gasteiger partial charge on any atom is 0.139 e. The van der Waals surface area contributed by atoms with Crippen LogP contribution in [0.4, 0.5) is 4.39 Å². The molecule has 3 atom stereocenters. The van der Waals surface area contributed by atoms with Crippen molar-refractivity contribution in [3.8, 4) is 5.75 Å². The van der Waals surface area contributed by atoms with Gasteiger partial charge in [-0.2, -0.15) is 4.37 Å². The smallest absolute Gasteiger partial charge is 0.139 e. The van der Waals surface area contributed by atoms with Crippen molar-refractivity contribution in [3.05, 3.63) is 24.1 Å². The molecule has 1 aromatic heterocycles. The Morgan fingerprint density at radius 2 is 2.05 bits per heavy atom. The fourth-order valence-electron chi connectivity index (χ4n) is 3.48. The minimum Gasteiger partial charge on any atom is -0.489 e. The number of rotatable bonds is 2. The van der Waals surface area contributed by atoms with Crippen LogP contribution in [0.2, 0.25) is 0 Å². The third-order valence-electron chi connectivity index (χ3n) is 4.40. The lowest BCUT2D eigenvalue weighted by molar-refractivity contribution is 0.0940. The van der Waals surface area contributed by atoms with E-state index in [1.807, 2.05) is 0 Å². The van der Waals surface area contributed by atoms with Gasteiger partial charge in [0.1, 0.15) is 17.7 Å². The molecule has 5 heteroatoms. The minimum atomic E-state index is -0.219. The van der Waals surface area contributed by atoms with Crippen LogP contribution in [-0.4, -0.2) is 22.6 Å². The summed E-state index contributed by atoms with van der Waals surface area (Å²) in [6, 6.07) is 4.40. The van der Waals surface area contributed by atoms with Crippen LogP contribution >= 0.6 is 11.5 Å². The highest BCUT2D eigenvalue weighted by molar-refractivity contribution is 7.13. The van der Waals surface area contributed by atoms with E-state index in [0.717, 1.165) is 23.3 Å². The molecule has 4 rings (SSSR count). The van der Waals surface area contributed by atoms with Gasteiger partial charge in [-0.25, -0.2) is 4.39 Å². The van der Waals surface area contributed by atoms with Gasteiger partial charge in [-0.05, 0) is 49.3 Å². The zero-order chi connectivity index (χ0) is 13.5. The molecule has 2 saturated heterocycles. The first kappa shape index (κ1) is 12.5. The van der Waals surface area contributed by atoms with Crippen LogP contribution in [-0.2, 0) is 0 Å². The van der Waals surface area contributed by atoms with Gasteiger partial charge in [0, 0.05) is 12.1 Å². The predicted octanol–water partition coefficient (Wildman–Crippen LogP) is 3.49. The van der Waals surface area contributed by atoms with Gasteiger partial charge in [0.2, 0.25) is 0 Å². The minimum absolute atomic E-state index is 0.219. The standard InChI is InChI=1S/C15H17FN2OS/c16-13-4-5-14(15-12(13)8-17-20-15)19-11-6-9-2-1-3-10(7-11)18-9/h4-5,8-11,18H,1-3,6-7H2/t9-,10+,11?. The largest absolute Gasteiger partial charge is 0.489 e. The number of nitrogens with zero attached hydrogens (tertiary/aromatic N) is 1. The highest BCUT2D eigenvalue weighted by Gasteiger charge is 2.32. The Labute approximate surface area is 121 Å². The summed E-state index contributed by atoms with van der Waals surface area (Å²) in [5.41, 5.74) is 0. The maximum atomic E-state index is 13.7. The first-order chi connectivity index (χ1) is 9.79. The van der Waals surface area contributed by atoms with Crippen LogP contribution in [0.25, 0.3) is 10.1 Å². The normalized spacial score (nSPS) is 29.6. The number of ether oxygens (including phenoxy) is 1. The Morgan fingerprint density at radius 1 is 1.25 bits per heavy atom. The first-order valence-electron chi connectivity index (χ1n) is 7.25. The van der Waals surface area contributed by atoms with E-state index in [9.17, 15) is 4.39 Å². The molecule has 2 bridgehead atoms. The highest BCUT2D eigenvalue weighted by atomic mass is 32.1. The second-order valence-electron chi connectivity index (χ2n) is 5.82. The zero-order valence-corrected chi connectivity index (χ0v) is 12.0. The summed E-state index contributed by atoms with van der Waals surface area (Å²) in [5.74, 6) is 0.567. The fraction of sp³-hybridized carbons (Fsp3) is 0.533. The molecule has 2 aliphatic heterocycles. The molecule has 0 spiro atoms. The molecular formula is C15H17FN2OS. The van der Waals surface area contributed by atoms with Crippen molar-refractivity contribution >= 4 is 21.6 Å². The van der Waals surface area contributed by atoms with Gasteiger partial charge < -0.3 is 10.1 Å². The van der Waals surface area contributed by atoms with Crippen molar-refractivity contribution < 1.29 is 9.13 Å². The van der Waals surface area contributed by atoms with Crippen molar-refractivity contribution in [1.29, 1.82) is 0 Å². The lowest BCUT2D eigenvalue weighted by Gasteiger charge is -2.40. The maximum absolute atomic E-state index is 13.7. The van der Waals surface area contributed by atoms with Crippen molar-refractivity contribution in [1.82, 2.24) is 9.69 Å². The van der Waals surface area contributed by atoms with E-state index >= 15 is 0 Å². The van der Waals surface area contributed by atoms with Crippen LogP contribution in [0.5, 0.6) is 5.75 Å². The molecule has 2 aliphatic rings. The van der Waals surface area contributed by atoms with Gasteiger partial charge in [-0.15, -0.1) is 0 Å². The van der Waals surface area contributed by atoms with E-state index in [1.54, 1.807) is 12.3 Å². The summed E-state index contributed by atoms with van der Waals surface area (Å²) in [6.07, 6.45) is 7.74. The molecule has 0 radical (unpaired) electrons. The fourth-order valence-corrected chi connectivity index (χ4v) is 4.20.